The van der Waals surface area contributed by atoms with Crippen molar-refractivity contribution in [2.75, 3.05) is 38.7 Å². The fourth-order valence-corrected chi connectivity index (χ4v) is 8.68. The molecule has 14 heteroatoms. The molecule has 0 spiro atoms. The van der Waals surface area contributed by atoms with E-state index in [1.54, 1.807) is 17.9 Å². The molecule has 2 amide bonds. The predicted octanol–water partition coefficient (Wildman–Crippen LogP) is 3.80. The third-order valence-electron chi connectivity index (χ3n) is 6.18. The minimum absolute atomic E-state index is 0.180. The molecule has 0 atom stereocenters. The predicted molar refractivity (Wildman–Crippen MR) is 136 cm³/mol. The van der Waals surface area contributed by atoms with Crippen LogP contribution in [0, 0.1) is 5.92 Å². The van der Waals surface area contributed by atoms with Crippen molar-refractivity contribution < 1.29 is 32.3 Å². The van der Waals surface area contributed by atoms with Gasteiger partial charge in [-0.2, -0.15) is 4.31 Å². The van der Waals surface area contributed by atoms with Gasteiger partial charge in [-0.1, -0.05) is 11.6 Å². The highest BCUT2D eigenvalue weighted by atomic mass is 35.5. The Kier molecular flexibility index (Phi) is 8.25. The van der Waals surface area contributed by atoms with Crippen molar-refractivity contribution in [1.82, 2.24) is 9.21 Å². The Labute approximate surface area is 222 Å². The van der Waals surface area contributed by atoms with Crippen LogP contribution in [0.3, 0.4) is 0 Å². The number of thiophene rings is 2. The molecule has 196 valence electrons. The fourth-order valence-electron chi connectivity index (χ4n) is 4.32. The number of nitrogens with one attached hydrogen (secondary N) is 1. The highest BCUT2D eigenvalue weighted by Gasteiger charge is 2.35. The smallest absolute Gasteiger partial charge is 0.410 e. The SMILES string of the molecule is CCOC(=O)N1CCc2c(sc(NC(=O)C3CCN(S(=O)(=O)c4ccc(Cl)s4)CC3)c2C(=O)OC)C1. The molecule has 4 rings (SSSR count). The first-order valence-corrected chi connectivity index (χ1v) is 14.8. The number of hydrogen-bond donors (Lipinski definition) is 1. The van der Waals surface area contributed by atoms with E-state index < -0.39 is 28.0 Å². The Morgan fingerprint density at radius 2 is 1.89 bits per heavy atom. The van der Waals surface area contributed by atoms with Gasteiger partial charge in [0.2, 0.25) is 5.91 Å². The van der Waals surface area contributed by atoms with E-state index in [1.165, 1.54) is 28.8 Å². The zero-order valence-corrected chi connectivity index (χ0v) is 22.9. The third-order valence-corrected chi connectivity index (χ3v) is 10.9. The van der Waals surface area contributed by atoms with Gasteiger partial charge in [0.05, 0.1) is 30.2 Å². The molecule has 0 bridgehead atoms. The molecule has 4 heterocycles. The van der Waals surface area contributed by atoms with Crippen molar-refractivity contribution >= 4 is 67.3 Å². The highest BCUT2D eigenvalue weighted by Crippen LogP contribution is 2.38. The van der Waals surface area contributed by atoms with E-state index in [2.05, 4.69) is 5.32 Å². The first-order valence-electron chi connectivity index (χ1n) is 11.4. The average Bonchev–Trinajstić information content (AvgIpc) is 3.46. The minimum Gasteiger partial charge on any atom is -0.465 e. The van der Waals surface area contributed by atoms with Gasteiger partial charge in [0.1, 0.15) is 9.21 Å². The second-order valence-electron chi connectivity index (χ2n) is 8.30. The summed E-state index contributed by atoms with van der Waals surface area (Å²) in [4.78, 5) is 40.2. The van der Waals surface area contributed by atoms with E-state index in [-0.39, 0.29) is 36.4 Å². The monoisotopic (exact) mass is 575 g/mol. The molecule has 0 unspecified atom stereocenters. The summed E-state index contributed by atoms with van der Waals surface area (Å²) in [5, 5.41) is 3.25. The number of fused-ring (bicyclic) bond motifs is 1. The third kappa shape index (κ3) is 5.40. The van der Waals surface area contributed by atoms with Crippen LogP contribution >= 0.6 is 34.3 Å². The van der Waals surface area contributed by atoms with Crippen LogP contribution in [0.25, 0.3) is 0 Å². The molecule has 0 saturated carbocycles. The van der Waals surface area contributed by atoms with Crippen LogP contribution in [0.15, 0.2) is 16.3 Å². The Balaban J connectivity index is 1.45. The Bertz CT molecular complexity index is 1270. The van der Waals surface area contributed by atoms with Gasteiger partial charge in [0.25, 0.3) is 10.0 Å². The normalized spacial score (nSPS) is 16.9. The number of nitrogens with zero attached hydrogens (tertiary/aromatic N) is 2. The number of piperidine rings is 1. The standard InChI is InChI=1S/C22H26ClN3O7S3/c1-3-33-22(29)25-9-8-14-15(12-25)34-20(18(14)21(28)32-2)24-19(27)13-6-10-26(11-7-13)36(30,31)17-5-4-16(23)35-17/h4-5,13H,3,6-12H2,1-2H3,(H,24,27). The number of carbonyl (C=O) groups excluding carboxylic acids is 3. The molecule has 2 aliphatic heterocycles. The number of sulfonamides is 1. The zero-order chi connectivity index (χ0) is 26.0. The second-order valence-corrected chi connectivity index (χ2v) is 13.3. The van der Waals surface area contributed by atoms with Gasteiger partial charge in [0, 0.05) is 30.4 Å². The van der Waals surface area contributed by atoms with Gasteiger partial charge in [-0.25, -0.2) is 18.0 Å². The van der Waals surface area contributed by atoms with E-state index >= 15 is 0 Å². The maximum atomic E-state index is 13.1. The van der Waals surface area contributed by atoms with Gasteiger partial charge >= 0.3 is 12.1 Å². The minimum atomic E-state index is -3.66. The fraction of sp³-hybridized carbons (Fsp3) is 0.500. The average molecular weight is 576 g/mol. The summed E-state index contributed by atoms with van der Waals surface area (Å²) in [6.45, 7) is 3.08. The lowest BCUT2D eigenvalue weighted by Gasteiger charge is -2.30. The molecular weight excluding hydrogens is 550 g/mol. The zero-order valence-electron chi connectivity index (χ0n) is 19.7. The Morgan fingerprint density at radius 3 is 2.50 bits per heavy atom. The molecule has 1 saturated heterocycles. The lowest BCUT2D eigenvalue weighted by Crippen LogP contribution is -2.41. The molecule has 0 aliphatic carbocycles. The largest absolute Gasteiger partial charge is 0.465 e. The molecule has 1 fully saturated rings. The summed E-state index contributed by atoms with van der Waals surface area (Å²) < 4.78 is 37.7. The van der Waals surface area contributed by atoms with Gasteiger partial charge in [-0.05, 0) is 43.9 Å². The molecule has 36 heavy (non-hydrogen) atoms. The van der Waals surface area contributed by atoms with E-state index in [9.17, 15) is 22.8 Å². The number of methoxy groups -OCH3 is 1. The quantitative estimate of drug-likeness (QED) is 0.520. The number of rotatable bonds is 6. The van der Waals surface area contributed by atoms with Crippen LogP contribution < -0.4 is 5.32 Å². The number of amides is 2. The van der Waals surface area contributed by atoms with Crippen LogP contribution in [0.1, 0.15) is 40.6 Å². The number of hydrogen-bond acceptors (Lipinski definition) is 9. The van der Waals surface area contributed by atoms with Crippen molar-refractivity contribution in [2.24, 2.45) is 5.92 Å². The van der Waals surface area contributed by atoms with Crippen molar-refractivity contribution in [2.45, 2.75) is 36.9 Å². The van der Waals surface area contributed by atoms with E-state index in [1.807, 2.05) is 0 Å². The highest BCUT2D eigenvalue weighted by molar-refractivity contribution is 7.91. The Morgan fingerprint density at radius 1 is 1.17 bits per heavy atom. The maximum absolute atomic E-state index is 13.1. The number of carbonyl (C=O) groups is 3. The first-order chi connectivity index (χ1) is 17.1. The van der Waals surface area contributed by atoms with Crippen molar-refractivity contribution in [3.8, 4) is 0 Å². The van der Waals surface area contributed by atoms with Gasteiger partial charge < -0.3 is 19.7 Å². The summed E-state index contributed by atoms with van der Waals surface area (Å²) >= 11 is 8.14. The summed E-state index contributed by atoms with van der Waals surface area (Å²) in [5.74, 6) is -1.25. The van der Waals surface area contributed by atoms with Crippen molar-refractivity contribution in [3.05, 3.63) is 32.5 Å². The van der Waals surface area contributed by atoms with E-state index in [0.29, 0.717) is 40.7 Å². The van der Waals surface area contributed by atoms with Gasteiger partial charge in [-0.3, -0.25) is 4.79 Å². The number of halogens is 1. The maximum Gasteiger partial charge on any atom is 0.410 e. The molecule has 2 aromatic rings. The van der Waals surface area contributed by atoms with Crippen LogP contribution in [0.4, 0.5) is 9.80 Å². The second kappa shape index (κ2) is 11.1. The summed E-state index contributed by atoms with van der Waals surface area (Å²) in [6.07, 6.45) is 0.709. The molecular formula is C22H26ClN3O7S3. The van der Waals surface area contributed by atoms with Crippen molar-refractivity contribution in [3.63, 3.8) is 0 Å². The topological polar surface area (TPSA) is 122 Å². The molecule has 10 nitrogen and oxygen atoms in total. The summed E-state index contributed by atoms with van der Waals surface area (Å²) in [6, 6.07) is 3.03. The van der Waals surface area contributed by atoms with Crippen LogP contribution in [-0.4, -0.2) is 68.9 Å². The number of ether oxygens (including phenoxy) is 2. The summed E-state index contributed by atoms with van der Waals surface area (Å²) in [5.41, 5.74) is 1.07. The molecule has 2 aliphatic rings. The molecule has 2 aromatic heterocycles. The summed E-state index contributed by atoms with van der Waals surface area (Å²) in [7, 11) is -2.37. The van der Waals surface area contributed by atoms with Crippen LogP contribution in [-0.2, 0) is 37.3 Å². The lowest BCUT2D eigenvalue weighted by atomic mass is 9.97. The molecule has 0 radical (unpaired) electrons. The van der Waals surface area contributed by atoms with Crippen LogP contribution in [0.2, 0.25) is 4.34 Å². The van der Waals surface area contributed by atoms with Gasteiger partial charge in [0.15, 0.2) is 0 Å². The van der Waals surface area contributed by atoms with Crippen molar-refractivity contribution in [1.29, 1.82) is 0 Å². The molecule has 1 N–H and O–H groups in total. The molecule has 0 aromatic carbocycles. The Hall–Kier alpha value is -2.19. The number of esters is 1. The first kappa shape index (κ1) is 26.9. The van der Waals surface area contributed by atoms with E-state index in [0.717, 1.165) is 21.8 Å². The van der Waals surface area contributed by atoms with Gasteiger partial charge in [-0.15, -0.1) is 22.7 Å². The van der Waals surface area contributed by atoms with Crippen LogP contribution in [0.5, 0.6) is 0 Å². The van der Waals surface area contributed by atoms with E-state index in [4.69, 9.17) is 21.1 Å². The number of anilines is 1. The lowest BCUT2D eigenvalue weighted by molar-refractivity contribution is -0.120.